The van der Waals surface area contributed by atoms with Gasteiger partial charge in [0.1, 0.15) is 15.5 Å². The van der Waals surface area contributed by atoms with E-state index in [1.807, 2.05) is 6.92 Å². The molecule has 0 saturated heterocycles. The Hall–Kier alpha value is -1.40. The first-order chi connectivity index (χ1) is 8.08. The minimum atomic E-state index is -0.372. The molecule has 0 atom stereocenters. The minimum Gasteiger partial charge on any atom is -0.465 e. The summed E-state index contributed by atoms with van der Waals surface area (Å²) in [6.07, 6.45) is 0. The number of carbonyl (C=O) groups excluding carboxylic acids is 1. The van der Waals surface area contributed by atoms with Gasteiger partial charge in [0.2, 0.25) is 5.28 Å². The molecule has 0 bridgehead atoms. The van der Waals surface area contributed by atoms with Crippen LogP contribution < -0.4 is 5.32 Å². The summed E-state index contributed by atoms with van der Waals surface area (Å²) < 4.78 is 4.72. The first-order valence-electron chi connectivity index (χ1n) is 4.81. The quantitative estimate of drug-likeness (QED) is 0.671. The molecule has 0 aliphatic carbocycles. The first kappa shape index (κ1) is 12.1. The highest BCUT2D eigenvalue weighted by atomic mass is 35.5. The highest BCUT2D eigenvalue weighted by molar-refractivity contribution is 7.20. The standard InChI is InChI=1S/C10H10ClN3O2S/c1-4-5-7(12-2)13-10(11)14-8(5)17-6(4)9(15)16-3/h1-3H3,(H,12,13,14). The molecule has 0 aliphatic heterocycles. The maximum Gasteiger partial charge on any atom is 0.348 e. The molecular formula is C10H10ClN3O2S. The van der Waals surface area contributed by atoms with Gasteiger partial charge < -0.3 is 10.1 Å². The van der Waals surface area contributed by atoms with Crippen LogP contribution in [0.4, 0.5) is 5.82 Å². The predicted octanol–water partition coefficient (Wildman–Crippen LogP) is 2.48. The lowest BCUT2D eigenvalue weighted by Crippen LogP contribution is -2.00. The summed E-state index contributed by atoms with van der Waals surface area (Å²) >= 11 is 7.06. The number of nitrogens with one attached hydrogen (secondary N) is 1. The van der Waals surface area contributed by atoms with Gasteiger partial charge in [-0.15, -0.1) is 11.3 Å². The molecule has 0 radical (unpaired) electrons. The van der Waals surface area contributed by atoms with Crippen molar-refractivity contribution in [3.05, 3.63) is 15.7 Å². The van der Waals surface area contributed by atoms with Gasteiger partial charge in [-0.1, -0.05) is 0 Å². The molecule has 0 aromatic carbocycles. The van der Waals surface area contributed by atoms with Crippen molar-refractivity contribution in [3.8, 4) is 0 Å². The molecule has 2 aromatic heterocycles. The third-order valence-corrected chi connectivity index (χ3v) is 3.71. The molecule has 5 nitrogen and oxygen atoms in total. The number of hydrogen-bond acceptors (Lipinski definition) is 6. The van der Waals surface area contributed by atoms with Crippen LogP contribution in [0.3, 0.4) is 0 Å². The fourth-order valence-corrected chi connectivity index (χ4v) is 2.90. The molecule has 0 fully saturated rings. The van der Waals surface area contributed by atoms with Crippen molar-refractivity contribution >= 4 is 44.9 Å². The molecule has 2 rings (SSSR count). The van der Waals surface area contributed by atoms with Crippen LogP contribution >= 0.6 is 22.9 Å². The van der Waals surface area contributed by atoms with Crippen molar-refractivity contribution in [3.63, 3.8) is 0 Å². The van der Waals surface area contributed by atoms with E-state index in [9.17, 15) is 4.79 Å². The molecule has 0 saturated carbocycles. The van der Waals surface area contributed by atoms with Crippen LogP contribution in [0, 0.1) is 6.92 Å². The average Bonchev–Trinajstić information content (AvgIpc) is 2.64. The lowest BCUT2D eigenvalue weighted by atomic mass is 10.2. The van der Waals surface area contributed by atoms with E-state index in [-0.39, 0.29) is 11.3 Å². The Bertz CT molecular complexity index is 597. The highest BCUT2D eigenvalue weighted by Crippen LogP contribution is 2.34. The second-order valence-electron chi connectivity index (χ2n) is 3.32. The van der Waals surface area contributed by atoms with Gasteiger partial charge in [0.15, 0.2) is 0 Å². The van der Waals surface area contributed by atoms with Crippen LogP contribution in [0.15, 0.2) is 0 Å². The smallest absolute Gasteiger partial charge is 0.348 e. The number of aromatic nitrogens is 2. The molecule has 2 aromatic rings. The summed E-state index contributed by atoms with van der Waals surface area (Å²) in [6.45, 7) is 1.84. The zero-order chi connectivity index (χ0) is 12.6. The average molecular weight is 272 g/mol. The molecule has 0 aliphatic rings. The van der Waals surface area contributed by atoms with Crippen LogP contribution in [0.1, 0.15) is 15.2 Å². The van der Waals surface area contributed by atoms with Gasteiger partial charge in [0.05, 0.1) is 12.5 Å². The Morgan fingerprint density at radius 1 is 1.47 bits per heavy atom. The van der Waals surface area contributed by atoms with Gasteiger partial charge in [-0.05, 0) is 24.1 Å². The Kier molecular flexibility index (Phi) is 3.17. The number of fused-ring (bicyclic) bond motifs is 1. The lowest BCUT2D eigenvalue weighted by molar-refractivity contribution is 0.0605. The number of nitrogens with zero attached hydrogens (tertiary/aromatic N) is 2. The topological polar surface area (TPSA) is 64.1 Å². The molecular weight excluding hydrogens is 262 g/mol. The van der Waals surface area contributed by atoms with Gasteiger partial charge in [0.25, 0.3) is 0 Å². The van der Waals surface area contributed by atoms with Gasteiger partial charge in [-0.2, -0.15) is 0 Å². The van der Waals surface area contributed by atoms with E-state index in [4.69, 9.17) is 16.3 Å². The van der Waals surface area contributed by atoms with E-state index in [0.29, 0.717) is 15.5 Å². The van der Waals surface area contributed by atoms with Gasteiger partial charge in [-0.3, -0.25) is 0 Å². The van der Waals surface area contributed by atoms with Crippen LogP contribution in [-0.2, 0) is 4.74 Å². The first-order valence-corrected chi connectivity index (χ1v) is 6.00. The Balaban J connectivity index is 2.77. The van der Waals surface area contributed by atoms with E-state index in [1.54, 1.807) is 7.05 Å². The van der Waals surface area contributed by atoms with E-state index in [1.165, 1.54) is 18.4 Å². The largest absolute Gasteiger partial charge is 0.465 e. The summed E-state index contributed by atoms with van der Waals surface area (Å²) in [5.74, 6) is 0.243. The molecule has 90 valence electrons. The zero-order valence-electron chi connectivity index (χ0n) is 9.50. The SMILES string of the molecule is CNc1nc(Cl)nc2sc(C(=O)OC)c(C)c12. The van der Waals surface area contributed by atoms with Crippen molar-refractivity contribution in [2.24, 2.45) is 0 Å². The Morgan fingerprint density at radius 2 is 2.18 bits per heavy atom. The molecule has 1 N–H and O–H groups in total. The molecule has 7 heteroatoms. The number of esters is 1. The van der Waals surface area contributed by atoms with Crippen molar-refractivity contribution in [1.29, 1.82) is 0 Å². The normalized spacial score (nSPS) is 10.6. The van der Waals surface area contributed by atoms with Gasteiger partial charge >= 0.3 is 5.97 Å². The summed E-state index contributed by atoms with van der Waals surface area (Å²) in [4.78, 5) is 21.0. The van der Waals surface area contributed by atoms with Crippen molar-refractivity contribution < 1.29 is 9.53 Å². The number of methoxy groups -OCH3 is 1. The van der Waals surface area contributed by atoms with E-state index >= 15 is 0 Å². The van der Waals surface area contributed by atoms with Gasteiger partial charge in [0, 0.05) is 7.05 Å². The van der Waals surface area contributed by atoms with Crippen molar-refractivity contribution in [1.82, 2.24) is 9.97 Å². The Morgan fingerprint density at radius 3 is 2.76 bits per heavy atom. The molecule has 0 amide bonds. The Labute approximate surface area is 107 Å². The monoisotopic (exact) mass is 271 g/mol. The van der Waals surface area contributed by atoms with Crippen LogP contribution in [-0.4, -0.2) is 30.1 Å². The fourth-order valence-electron chi connectivity index (χ4n) is 1.58. The molecule has 0 spiro atoms. The predicted molar refractivity (Wildman–Crippen MR) is 68.0 cm³/mol. The summed E-state index contributed by atoms with van der Waals surface area (Å²) in [5.41, 5.74) is 0.804. The number of anilines is 1. The molecule has 17 heavy (non-hydrogen) atoms. The summed E-state index contributed by atoms with van der Waals surface area (Å²) in [6, 6.07) is 0. The number of rotatable bonds is 2. The van der Waals surface area contributed by atoms with Gasteiger partial charge in [-0.25, -0.2) is 14.8 Å². The number of thiophene rings is 1. The fraction of sp³-hybridized carbons (Fsp3) is 0.300. The van der Waals surface area contributed by atoms with Crippen LogP contribution in [0.25, 0.3) is 10.2 Å². The molecule has 0 unspecified atom stereocenters. The number of hydrogen-bond donors (Lipinski definition) is 1. The van der Waals surface area contributed by atoms with Crippen LogP contribution in [0.5, 0.6) is 0 Å². The summed E-state index contributed by atoms with van der Waals surface area (Å²) in [7, 11) is 3.09. The minimum absolute atomic E-state index is 0.152. The number of halogens is 1. The zero-order valence-corrected chi connectivity index (χ0v) is 11.1. The van der Waals surface area contributed by atoms with Crippen molar-refractivity contribution in [2.75, 3.05) is 19.5 Å². The van der Waals surface area contributed by atoms with Crippen molar-refractivity contribution in [2.45, 2.75) is 6.92 Å². The molecule has 2 heterocycles. The third-order valence-electron chi connectivity index (χ3n) is 2.37. The number of ether oxygens (including phenoxy) is 1. The highest BCUT2D eigenvalue weighted by Gasteiger charge is 2.20. The van der Waals surface area contributed by atoms with Crippen LogP contribution in [0.2, 0.25) is 5.28 Å². The van der Waals surface area contributed by atoms with E-state index in [0.717, 1.165) is 10.9 Å². The number of carbonyl (C=O) groups is 1. The lowest BCUT2D eigenvalue weighted by Gasteiger charge is -2.02. The second kappa shape index (κ2) is 4.46. The van der Waals surface area contributed by atoms with E-state index in [2.05, 4.69) is 15.3 Å². The third kappa shape index (κ3) is 1.94. The second-order valence-corrected chi connectivity index (χ2v) is 4.66. The maximum absolute atomic E-state index is 11.6. The van der Waals surface area contributed by atoms with E-state index < -0.39 is 0 Å². The maximum atomic E-state index is 11.6. The number of aryl methyl sites for hydroxylation is 1. The summed E-state index contributed by atoms with van der Waals surface area (Å²) in [5, 5.41) is 3.90.